The summed E-state index contributed by atoms with van der Waals surface area (Å²) in [5.41, 5.74) is 1.05. The van der Waals surface area contributed by atoms with Gasteiger partial charge in [-0.25, -0.2) is 0 Å². The standard InChI is InChI=1S/C21H23NO2S/c1-4-22(14-20-6-5-11-25-20)21(23)15(2)16-7-8-18-13-19(24-3)10-9-17(18)12-16/h5-13,15H,4,14H2,1-3H3. The Labute approximate surface area is 152 Å². The number of benzene rings is 2. The first-order chi connectivity index (χ1) is 12.1. The van der Waals surface area contributed by atoms with Gasteiger partial charge in [0, 0.05) is 11.4 Å². The van der Waals surface area contributed by atoms with Crippen LogP contribution in [0.15, 0.2) is 53.9 Å². The molecule has 3 aromatic rings. The minimum Gasteiger partial charge on any atom is -0.497 e. The van der Waals surface area contributed by atoms with E-state index >= 15 is 0 Å². The van der Waals surface area contributed by atoms with Crippen molar-refractivity contribution in [1.82, 2.24) is 4.90 Å². The Hall–Kier alpha value is -2.33. The molecule has 3 nitrogen and oxygen atoms in total. The molecule has 1 atom stereocenters. The number of ether oxygens (including phenoxy) is 1. The molecule has 0 bridgehead atoms. The van der Waals surface area contributed by atoms with Gasteiger partial charge in [-0.1, -0.05) is 30.3 Å². The van der Waals surface area contributed by atoms with Crippen molar-refractivity contribution in [3.63, 3.8) is 0 Å². The molecule has 0 aliphatic heterocycles. The minimum atomic E-state index is -0.161. The Bertz CT molecular complexity index is 857. The maximum absolute atomic E-state index is 12.9. The molecule has 0 saturated carbocycles. The lowest BCUT2D eigenvalue weighted by atomic mass is 9.96. The van der Waals surface area contributed by atoms with E-state index in [2.05, 4.69) is 23.6 Å². The fourth-order valence-electron chi connectivity index (χ4n) is 2.99. The molecule has 0 fully saturated rings. The number of hydrogen-bond donors (Lipinski definition) is 0. The molecule has 2 aromatic carbocycles. The van der Waals surface area contributed by atoms with E-state index in [4.69, 9.17) is 4.74 Å². The summed E-state index contributed by atoms with van der Waals surface area (Å²) in [4.78, 5) is 16.1. The van der Waals surface area contributed by atoms with Gasteiger partial charge in [-0.15, -0.1) is 11.3 Å². The van der Waals surface area contributed by atoms with E-state index in [0.29, 0.717) is 13.1 Å². The molecule has 1 amide bonds. The molecule has 0 aliphatic carbocycles. The van der Waals surface area contributed by atoms with Gasteiger partial charge in [0.15, 0.2) is 0 Å². The lowest BCUT2D eigenvalue weighted by Crippen LogP contribution is -2.33. The number of fused-ring (bicyclic) bond motifs is 1. The van der Waals surface area contributed by atoms with Crippen molar-refractivity contribution in [2.24, 2.45) is 0 Å². The number of amides is 1. The maximum atomic E-state index is 12.9. The summed E-state index contributed by atoms with van der Waals surface area (Å²) in [5.74, 6) is 0.854. The minimum absolute atomic E-state index is 0.161. The Balaban J connectivity index is 1.81. The number of methoxy groups -OCH3 is 1. The molecule has 0 radical (unpaired) electrons. The van der Waals surface area contributed by atoms with Crippen molar-refractivity contribution in [3.05, 3.63) is 64.4 Å². The number of carbonyl (C=O) groups excluding carboxylic acids is 1. The monoisotopic (exact) mass is 353 g/mol. The van der Waals surface area contributed by atoms with Crippen molar-refractivity contribution in [1.29, 1.82) is 0 Å². The molecule has 1 aromatic heterocycles. The van der Waals surface area contributed by atoms with Crippen molar-refractivity contribution in [2.75, 3.05) is 13.7 Å². The number of rotatable bonds is 6. The number of carbonyl (C=O) groups is 1. The zero-order valence-corrected chi connectivity index (χ0v) is 15.7. The SMILES string of the molecule is CCN(Cc1cccs1)C(=O)C(C)c1ccc2cc(OC)ccc2c1. The van der Waals surface area contributed by atoms with Gasteiger partial charge in [0.1, 0.15) is 5.75 Å². The van der Waals surface area contributed by atoms with Crippen molar-refractivity contribution < 1.29 is 9.53 Å². The lowest BCUT2D eigenvalue weighted by molar-refractivity contribution is -0.132. The highest BCUT2D eigenvalue weighted by molar-refractivity contribution is 7.09. The van der Waals surface area contributed by atoms with Gasteiger partial charge < -0.3 is 9.64 Å². The lowest BCUT2D eigenvalue weighted by Gasteiger charge is -2.24. The van der Waals surface area contributed by atoms with E-state index in [1.165, 1.54) is 4.88 Å². The Morgan fingerprint density at radius 2 is 1.92 bits per heavy atom. The van der Waals surface area contributed by atoms with Gasteiger partial charge in [0.25, 0.3) is 0 Å². The third-order valence-corrected chi connectivity index (χ3v) is 5.42. The van der Waals surface area contributed by atoms with Crippen molar-refractivity contribution in [3.8, 4) is 5.75 Å². The molecule has 1 heterocycles. The van der Waals surface area contributed by atoms with Gasteiger partial charge in [-0.3, -0.25) is 4.79 Å². The molecule has 130 valence electrons. The van der Waals surface area contributed by atoms with Crippen LogP contribution in [0.2, 0.25) is 0 Å². The smallest absolute Gasteiger partial charge is 0.230 e. The first-order valence-corrected chi connectivity index (χ1v) is 9.39. The highest BCUT2D eigenvalue weighted by atomic mass is 32.1. The normalized spacial score (nSPS) is 12.1. The molecule has 0 N–H and O–H groups in total. The summed E-state index contributed by atoms with van der Waals surface area (Å²) >= 11 is 1.69. The molecule has 25 heavy (non-hydrogen) atoms. The summed E-state index contributed by atoms with van der Waals surface area (Å²) in [6, 6.07) is 16.3. The molecule has 0 spiro atoms. The van der Waals surface area contributed by atoms with E-state index in [1.54, 1.807) is 18.4 Å². The van der Waals surface area contributed by atoms with Gasteiger partial charge in [-0.2, -0.15) is 0 Å². The van der Waals surface area contributed by atoms with Crippen LogP contribution < -0.4 is 4.74 Å². The van der Waals surface area contributed by atoms with E-state index < -0.39 is 0 Å². The summed E-state index contributed by atoms with van der Waals surface area (Å²) in [6.07, 6.45) is 0. The first kappa shape index (κ1) is 17.5. The predicted octanol–water partition coefficient (Wildman–Crippen LogP) is 5.06. The first-order valence-electron chi connectivity index (χ1n) is 8.51. The fraction of sp³-hybridized carbons (Fsp3) is 0.286. The van der Waals surface area contributed by atoms with Crippen LogP contribution >= 0.6 is 11.3 Å². The Morgan fingerprint density at radius 1 is 1.16 bits per heavy atom. The van der Waals surface area contributed by atoms with Crippen LogP contribution in [0.25, 0.3) is 10.8 Å². The molecule has 3 rings (SSSR count). The van der Waals surface area contributed by atoms with Gasteiger partial charge in [0.05, 0.1) is 19.6 Å². The van der Waals surface area contributed by atoms with E-state index in [9.17, 15) is 4.79 Å². The van der Waals surface area contributed by atoms with Gasteiger partial charge >= 0.3 is 0 Å². The Morgan fingerprint density at radius 3 is 2.60 bits per heavy atom. The number of thiophene rings is 1. The largest absolute Gasteiger partial charge is 0.497 e. The van der Waals surface area contributed by atoms with Gasteiger partial charge in [0.2, 0.25) is 5.91 Å². The second-order valence-electron chi connectivity index (χ2n) is 6.13. The summed E-state index contributed by atoms with van der Waals surface area (Å²) < 4.78 is 5.27. The van der Waals surface area contributed by atoms with E-state index in [0.717, 1.165) is 22.1 Å². The van der Waals surface area contributed by atoms with Crippen LogP contribution in [0, 0.1) is 0 Å². The summed E-state index contributed by atoms with van der Waals surface area (Å²) in [7, 11) is 1.67. The van der Waals surface area contributed by atoms with Crippen molar-refractivity contribution >= 4 is 28.0 Å². The molecule has 1 unspecified atom stereocenters. The summed E-state index contributed by atoms with van der Waals surface area (Å²) in [6.45, 7) is 5.42. The van der Waals surface area contributed by atoms with Crippen LogP contribution in [0.5, 0.6) is 5.75 Å². The molecular formula is C21H23NO2S. The average Bonchev–Trinajstić information content (AvgIpc) is 3.17. The third kappa shape index (κ3) is 3.85. The zero-order chi connectivity index (χ0) is 17.8. The predicted molar refractivity (Wildman–Crippen MR) is 104 cm³/mol. The van der Waals surface area contributed by atoms with Crippen LogP contribution in [0.3, 0.4) is 0 Å². The Kier molecular flexibility index (Phi) is 5.39. The van der Waals surface area contributed by atoms with Crippen molar-refractivity contribution in [2.45, 2.75) is 26.3 Å². The van der Waals surface area contributed by atoms with Crippen LogP contribution in [0.1, 0.15) is 30.2 Å². The molecule has 0 aliphatic rings. The fourth-order valence-corrected chi connectivity index (χ4v) is 3.71. The highest BCUT2D eigenvalue weighted by Gasteiger charge is 2.21. The zero-order valence-electron chi connectivity index (χ0n) is 14.9. The second kappa shape index (κ2) is 7.70. The number of nitrogens with zero attached hydrogens (tertiary/aromatic N) is 1. The molecule has 4 heteroatoms. The number of hydrogen-bond acceptors (Lipinski definition) is 3. The van der Waals surface area contributed by atoms with E-state index in [1.807, 2.05) is 49.1 Å². The average molecular weight is 353 g/mol. The van der Waals surface area contributed by atoms with E-state index in [-0.39, 0.29) is 11.8 Å². The quantitative estimate of drug-likeness (QED) is 0.620. The maximum Gasteiger partial charge on any atom is 0.230 e. The molecular weight excluding hydrogens is 330 g/mol. The highest BCUT2D eigenvalue weighted by Crippen LogP contribution is 2.26. The van der Waals surface area contributed by atoms with Crippen LogP contribution in [-0.4, -0.2) is 24.5 Å². The third-order valence-electron chi connectivity index (χ3n) is 4.56. The second-order valence-corrected chi connectivity index (χ2v) is 7.16. The number of likely N-dealkylation sites (N-methyl/N-ethyl adjacent to an activating group) is 1. The summed E-state index contributed by atoms with van der Waals surface area (Å²) in [5, 5.41) is 4.29. The van der Waals surface area contributed by atoms with Crippen LogP contribution in [-0.2, 0) is 11.3 Å². The molecule has 0 saturated heterocycles. The van der Waals surface area contributed by atoms with Crippen LogP contribution in [0.4, 0.5) is 0 Å². The van der Waals surface area contributed by atoms with Gasteiger partial charge in [-0.05, 0) is 53.8 Å². The topological polar surface area (TPSA) is 29.5 Å².